The smallest absolute Gasteiger partial charge is 0.388 e. The van der Waals surface area contributed by atoms with E-state index in [9.17, 15) is 26.4 Å². The molecule has 0 bridgehead atoms. The zero-order valence-electron chi connectivity index (χ0n) is 18.7. The van der Waals surface area contributed by atoms with E-state index in [0.29, 0.717) is 10.7 Å². The lowest BCUT2D eigenvalue weighted by molar-refractivity contribution is -0.129. The van der Waals surface area contributed by atoms with Crippen molar-refractivity contribution in [1.29, 1.82) is 0 Å². The first-order valence-corrected chi connectivity index (χ1v) is 13.4. The van der Waals surface area contributed by atoms with Gasteiger partial charge in [0.2, 0.25) is 0 Å². The number of amides is 1. The number of hydrogen-bond donors (Lipinski definition) is 0. The SMILES string of the molecule is CCN(C(=O)C(CS(=O)(=O)CCC(F)(F)F)=NOCc1nccs1)c1cn(-c2cccnc2)nc1Cl. The Morgan fingerprint density at radius 3 is 2.72 bits per heavy atom. The molecular weight excluding hydrogens is 545 g/mol. The molecular formula is C20H20ClF3N6O4S2. The molecule has 3 aromatic rings. The summed E-state index contributed by atoms with van der Waals surface area (Å²) in [4.78, 5) is 27.6. The number of aromatic nitrogens is 4. The molecule has 1 amide bonds. The first-order valence-electron chi connectivity index (χ1n) is 10.3. The van der Waals surface area contributed by atoms with Gasteiger partial charge in [0.25, 0.3) is 5.91 Å². The quantitative estimate of drug-likeness (QED) is 0.257. The van der Waals surface area contributed by atoms with Crippen LogP contribution < -0.4 is 4.90 Å². The average Bonchev–Trinajstić information content (AvgIpc) is 3.48. The summed E-state index contributed by atoms with van der Waals surface area (Å²) >= 11 is 7.49. The van der Waals surface area contributed by atoms with E-state index in [2.05, 4.69) is 20.2 Å². The van der Waals surface area contributed by atoms with E-state index in [1.807, 2.05) is 0 Å². The number of alkyl halides is 3. The lowest BCUT2D eigenvalue weighted by atomic mass is 10.3. The second-order valence-corrected chi connectivity index (χ2v) is 10.7. The average molecular weight is 565 g/mol. The molecule has 3 aromatic heterocycles. The van der Waals surface area contributed by atoms with Gasteiger partial charge in [-0.3, -0.25) is 9.78 Å². The third-order valence-electron chi connectivity index (χ3n) is 4.56. The maximum atomic E-state index is 13.4. The molecule has 0 saturated carbocycles. The van der Waals surface area contributed by atoms with Crippen molar-refractivity contribution in [2.24, 2.45) is 5.16 Å². The Balaban J connectivity index is 1.89. The van der Waals surface area contributed by atoms with Gasteiger partial charge in [0.15, 0.2) is 27.3 Å². The number of oxime groups is 1. The minimum atomic E-state index is -4.68. The normalized spacial score (nSPS) is 12.5. The van der Waals surface area contributed by atoms with Crippen molar-refractivity contribution < 1.29 is 31.2 Å². The van der Waals surface area contributed by atoms with E-state index in [0.717, 1.165) is 4.90 Å². The third-order valence-corrected chi connectivity index (χ3v) is 7.12. The zero-order valence-corrected chi connectivity index (χ0v) is 21.1. The molecule has 194 valence electrons. The van der Waals surface area contributed by atoms with Gasteiger partial charge in [-0.25, -0.2) is 18.1 Å². The molecule has 0 atom stereocenters. The molecule has 0 N–H and O–H groups in total. The fraction of sp³-hybridized carbons (Fsp3) is 0.350. The van der Waals surface area contributed by atoms with Gasteiger partial charge in [-0.2, -0.15) is 18.3 Å². The van der Waals surface area contributed by atoms with Crippen LogP contribution >= 0.6 is 22.9 Å². The molecule has 16 heteroatoms. The number of pyridine rings is 1. The number of nitrogens with zero attached hydrogens (tertiary/aromatic N) is 6. The third kappa shape index (κ3) is 7.73. The number of thiazole rings is 1. The minimum absolute atomic E-state index is 0.0192. The lowest BCUT2D eigenvalue weighted by Gasteiger charge is -2.20. The number of anilines is 1. The first-order chi connectivity index (χ1) is 17.0. The molecule has 36 heavy (non-hydrogen) atoms. The summed E-state index contributed by atoms with van der Waals surface area (Å²) in [7, 11) is -4.37. The van der Waals surface area contributed by atoms with Gasteiger partial charge in [-0.05, 0) is 19.1 Å². The van der Waals surface area contributed by atoms with E-state index in [1.165, 1.54) is 34.6 Å². The maximum Gasteiger partial charge on any atom is 0.390 e. The highest BCUT2D eigenvalue weighted by atomic mass is 35.5. The summed E-state index contributed by atoms with van der Waals surface area (Å²) in [6, 6.07) is 3.37. The molecule has 10 nitrogen and oxygen atoms in total. The van der Waals surface area contributed by atoms with Crippen molar-refractivity contribution in [3.05, 3.63) is 52.5 Å². The Labute approximate surface area is 213 Å². The number of sulfone groups is 1. The van der Waals surface area contributed by atoms with Crippen molar-refractivity contribution in [1.82, 2.24) is 19.7 Å². The lowest BCUT2D eigenvalue weighted by Crippen LogP contribution is -2.40. The minimum Gasteiger partial charge on any atom is -0.388 e. The van der Waals surface area contributed by atoms with E-state index >= 15 is 0 Å². The highest BCUT2D eigenvalue weighted by molar-refractivity contribution is 7.92. The molecule has 0 aliphatic rings. The first kappa shape index (κ1) is 27.5. The van der Waals surface area contributed by atoms with Gasteiger partial charge in [0.05, 0.1) is 30.3 Å². The summed E-state index contributed by atoms with van der Waals surface area (Å²) in [5.74, 6) is -3.19. The van der Waals surface area contributed by atoms with Crippen LogP contribution in [0.25, 0.3) is 5.69 Å². The van der Waals surface area contributed by atoms with E-state index in [1.54, 1.807) is 30.6 Å². The fourth-order valence-corrected chi connectivity index (χ4v) is 4.93. The largest absolute Gasteiger partial charge is 0.390 e. The standard InChI is InChI=1S/C20H20ClF3N6O4S2/c1-2-29(16-11-30(27-18(16)21)14-4-3-6-25-10-14)19(31)15(28-34-12-17-26-7-8-35-17)13-36(32,33)9-5-20(22,23)24/h3-4,6-8,10-11H,2,5,9,12-13H2,1H3. The molecule has 3 rings (SSSR count). The van der Waals surface area contributed by atoms with Crippen LogP contribution in [0.2, 0.25) is 5.15 Å². The molecule has 0 radical (unpaired) electrons. The van der Waals surface area contributed by atoms with Crippen LogP contribution in [0.3, 0.4) is 0 Å². The molecule has 0 fully saturated rings. The number of hydrogen-bond acceptors (Lipinski definition) is 9. The van der Waals surface area contributed by atoms with Crippen LogP contribution in [0.5, 0.6) is 0 Å². The van der Waals surface area contributed by atoms with Gasteiger partial charge in [-0.1, -0.05) is 16.8 Å². The molecule has 3 heterocycles. The van der Waals surface area contributed by atoms with Crippen LogP contribution in [0, 0.1) is 0 Å². The maximum absolute atomic E-state index is 13.4. The van der Waals surface area contributed by atoms with Crippen molar-refractivity contribution in [2.45, 2.75) is 26.1 Å². The van der Waals surface area contributed by atoms with Crippen LogP contribution in [0.15, 0.2) is 47.5 Å². The Morgan fingerprint density at radius 2 is 2.11 bits per heavy atom. The molecule has 0 aromatic carbocycles. The predicted molar refractivity (Wildman–Crippen MR) is 128 cm³/mol. The summed E-state index contributed by atoms with van der Waals surface area (Å²) in [6.07, 6.45) is -0.213. The highest BCUT2D eigenvalue weighted by Crippen LogP contribution is 2.27. The van der Waals surface area contributed by atoms with Gasteiger partial charge in [-0.15, -0.1) is 11.3 Å². The summed E-state index contributed by atoms with van der Waals surface area (Å²) in [5, 5.41) is 9.92. The number of carbonyl (C=O) groups is 1. The second-order valence-electron chi connectivity index (χ2n) is 7.20. The van der Waals surface area contributed by atoms with Crippen LogP contribution in [0.1, 0.15) is 18.4 Å². The van der Waals surface area contributed by atoms with Crippen molar-refractivity contribution >= 4 is 50.1 Å². The predicted octanol–water partition coefficient (Wildman–Crippen LogP) is 3.67. The summed E-state index contributed by atoms with van der Waals surface area (Å²) in [5.41, 5.74) is 0.0682. The number of rotatable bonds is 11. The Morgan fingerprint density at radius 1 is 1.33 bits per heavy atom. The van der Waals surface area contributed by atoms with Crippen molar-refractivity contribution in [3.8, 4) is 5.69 Å². The second kappa shape index (κ2) is 11.8. The van der Waals surface area contributed by atoms with Crippen LogP contribution in [-0.4, -0.2) is 64.0 Å². The van der Waals surface area contributed by atoms with Gasteiger partial charge in [0.1, 0.15) is 16.4 Å². The Kier molecular flexibility index (Phi) is 9.03. The molecule has 0 aliphatic carbocycles. The zero-order chi connectivity index (χ0) is 26.3. The number of carbonyl (C=O) groups excluding carboxylic acids is 1. The molecule has 0 saturated heterocycles. The van der Waals surface area contributed by atoms with Gasteiger partial charge < -0.3 is 9.74 Å². The van der Waals surface area contributed by atoms with Crippen LogP contribution in [0.4, 0.5) is 18.9 Å². The molecule has 0 spiro atoms. The summed E-state index contributed by atoms with van der Waals surface area (Å²) in [6.45, 7) is 1.45. The van der Waals surface area contributed by atoms with Crippen molar-refractivity contribution in [3.63, 3.8) is 0 Å². The van der Waals surface area contributed by atoms with Crippen LogP contribution in [-0.2, 0) is 26.1 Å². The summed E-state index contributed by atoms with van der Waals surface area (Å²) < 4.78 is 64.0. The monoisotopic (exact) mass is 564 g/mol. The topological polar surface area (TPSA) is 120 Å². The highest BCUT2D eigenvalue weighted by Gasteiger charge is 2.33. The fourth-order valence-electron chi connectivity index (χ4n) is 2.89. The van der Waals surface area contributed by atoms with E-state index in [-0.39, 0.29) is 24.0 Å². The van der Waals surface area contributed by atoms with E-state index < -0.39 is 45.6 Å². The molecule has 0 aliphatic heterocycles. The Hall–Kier alpha value is -3.04. The van der Waals surface area contributed by atoms with Gasteiger partial charge >= 0.3 is 6.18 Å². The van der Waals surface area contributed by atoms with E-state index in [4.69, 9.17) is 16.4 Å². The number of halogens is 4. The Bertz CT molecular complexity index is 1300. The molecule has 0 unspecified atom stereocenters. The van der Waals surface area contributed by atoms with Crippen molar-refractivity contribution in [2.75, 3.05) is 23.0 Å². The van der Waals surface area contributed by atoms with Gasteiger partial charge in [0, 0.05) is 24.3 Å².